The van der Waals surface area contributed by atoms with E-state index in [9.17, 15) is 8.42 Å². The molecule has 0 spiro atoms. The lowest BCUT2D eigenvalue weighted by Gasteiger charge is -2.19. The van der Waals surface area contributed by atoms with Gasteiger partial charge in [-0.05, 0) is 42.6 Å². The lowest BCUT2D eigenvalue weighted by Crippen LogP contribution is -2.27. The van der Waals surface area contributed by atoms with Crippen LogP contribution < -0.4 is 10.0 Å². The molecule has 0 aromatic heterocycles. The van der Waals surface area contributed by atoms with Crippen LogP contribution in [0, 0.1) is 0 Å². The van der Waals surface area contributed by atoms with Gasteiger partial charge in [-0.3, -0.25) is 0 Å². The number of sulfonamides is 1. The van der Waals surface area contributed by atoms with E-state index in [2.05, 4.69) is 30.8 Å². The molecular formula is C15H26N2O2S. The van der Waals surface area contributed by atoms with E-state index < -0.39 is 10.0 Å². The molecule has 20 heavy (non-hydrogen) atoms. The van der Waals surface area contributed by atoms with Crippen molar-refractivity contribution in [1.29, 1.82) is 0 Å². The number of benzene rings is 1. The molecule has 0 radical (unpaired) electrons. The van der Waals surface area contributed by atoms with Crippen molar-refractivity contribution in [1.82, 2.24) is 10.0 Å². The normalized spacial score (nSPS) is 12.6. The van der Waals surface area contributed by atoms with Crippen molar-refractivity contribution < 1.29 is 8.42 Å². The van der Waals surface area contributed by atoms with Crippen molar-refractivity contribution in [3.8, 4) is 0 Å². The Kier molecular flexibility index (Phi) is 6.17. The minimum absolute atomic E-state index is 0.0293. The van der Waals surface area contributed by atoms with Gasteiger partial charge in [0.05, 0.1) is 4.90 Å². The largest absolute Gasteiger partial charge is 0.317 e. The number of nitrogens with one attached hydrogen (secondary N) is 2. The molecule has 1 aromatic rings. The van der Waals surface area contributed by atoms with Crippen LogP contribution in [0.3, 0.4) is 0 Å². The van der Waals surface area contributed by atoms with Crippen molar-refractivity contribution in [2.45, 2.75) is 44.4 Å². The molecule has 4 nitrogen and oxygen atoms in total. The van der Waals surface area contributed by atoms with Gasteiger partial charge in [-0.15, -0.1) is 0 Å². The van der Waals surface area contributed by atoms with E-state index in [1.54, 1.807) is 12.1 Å². The minimum atomic E-state index is -3.39. The van der Waals surface area contributed by atoms with Crippen LogP contribution in [0.2, 0.25) is 0 Å². The van der Waals surface area contributed by atoms with Crippen LogP contribution in [0.15, 0.2) is 29.2 Å². The molecule has 114 valence electrons. The number of rotatable bonds is 7. The Bertz CT molecular complexity index is 502. The fourth-order valence-electron chi connectivity index (χ4n) is 1.81. The van der Waals surface area contributed by atoms with Crippen LogP contribution in [-0.2, 0) is 15.4 Å². The number of hydrogen-bond donors (Lipinski definition) is 2. The summed E-state index contributed by atoms with van der Waals surface area (Å²) < 4.78 is 26.8. The zero-order chi connectivity index (χ0) is 15.2. The lowest BCUT2D eigenvalue weighted by molar-refractivity contribution is 0.573. The lowest BCUT2D eigenvalue weighted by atomic mass is 9.87. The fraction of sp³-hybridized carbons (Fsp3) is 0.600. The molecule has 0 bridgehead atoms. The second-order valence-corrected chi connectivity index (χ2v) is 7.65. The van der Waals surface area contributed by atoms with Gasteiger partial charge in [0.15, 0.2) is 0 Å². The molecule has 1 rings (SSSR count). The third-order valence-electron chi connectivity index (χ3n) is 3.10. The van der Waals surface area contributed by atoms with E-state index in [1.165, 1.54) is 0 Å². The Morgan fingerprint density at radius 3 is 2.15 bits per heavy atom. The van der Waals surface area contributed by atoms with Gasteiger partial charge in [0.25, 0.3) is 0 Å². The van der Waals surface area contributed by atoms with Crippen LogP contribution in [0.5, 0.6) is 0 Å². The fourth-order valence-corrected chi connectivity index (χ4v) is 2.89. The number of hydrogen-bond acceptors (Lipinski definition) is 3. The van der Waals surface area contributed by atoms with Crippen molar-refractivity contribution in [3.05, 3.63) is 29.8 Å². The molecule has 0 unspecified atom stereocenters. The first-order chi connectivity index (χ1) is 9.27. The Morgan fingerprint density at radius 2 is 1.65 bits per heavy atom. The molecule has 0 heterocycles. The summed E-state index contributed by atoms with van der Waals surface area (Å²) >= 11 is 0. The Hall–Kier alpha value is -0.910. The SMILES string of the molecule is CCNCCCNS(=O)(=O)c1ccc(C(C)(C)C)cc1. The van der Waals surface area contributed by atoms with Crippen LogP contribution in [0.25, 0.3) is 0 Å². The van der Waals surface area contributed by atoms with Crippen LogP contribution in [-0.4, -0.2) is 28.1 Å². The predicted octanol–water partition coefficient (Wildman–Crippen LogP) is 2.26. The third kappa shape index (κ3) is 5.23. The van der Waals surface area contributed by atoms with Gasteiger partial charge < -0.3 is 5.32 Å². The maximum atomic E-state index is 12.1. The summed E-state index contributed by atoms with van der Waals surface area (Å²) in [5, 5.41) is 3.16. The second-order valence-electron chi connectivity index (χ2n) is 5.88. The topological polar surface area (TPSA) is 58.2 Å². The van der Waals surface area contributed by atoms with Gasteiger partial charge in [0.1, 0.15) is 0 Å². The summed E-state index contributed by atoms with van der Waals surface area (Å²) in [6.07, 6.45) is 0.785. The zero-order valence-corrected chi connectivity index (χ0v) is 13.7. The minimum Gasteiger partial charge on any atom is -0.317 e. The molecule has 0 aliphatic carbocycles. The van der Waals surface area contributed by atoms with Gasteiger partial charge in [0.2, 0.25) is 10.0 Å². The highest BCUT2D eigenvalue weighted by Crippen LogP contribution is 2.23. The highest BCUT2D eigenvalue weighted by atomic mass is 32.2. The van der Waals surface area contributed by atoms with Gasteiger partial charge in [-0.2, -0.15) is 0 Å². The molecule has 0 atom stereocenters. The van der Waals surface area contributed by atoms with E-state index in [4.69, 9.17) is 0 Å². The summed E-state index contributed by atoms with van der Waals surface area (Å²) in [6.45, 7) is 10.5. The van der Waals surface area contributed by atoms with Gasteiger partial charge >= 0.3 is 0 Å². The standard InChI is InChI=1S/C15H26N2O2S/c1-5-16-11-6-12-17-20(18,19)14-9-7-13(8-10-14)15(2,3)4/h7-10,16-17H,5-6,11-12H2,1-4H3. The van der Waals surface area contributed by atoms with Gasteiger partial charge in [-0.25, -0.2) is 13.1 Å². The maximum Gasteiger partial charge on any atom is 0.240 e. The van der Waals surface area contributed by atoms with Crippen LogP contribution in [0.4, 0.5) is 0 Å². The summed E-state index contributed by atoms with van der Waals surface area (Å²) in [4.78, 5) is 0.328. The predicted molar refractivity (Wildman–Crippen MR) is 83.5 cm³/mol. The van der Waals surface area contributed by atoms with Crippen molar-refractivity contribution in [3.63, 3.8) is 0 Å². The van der Waals surface area contributed by atoms with Crippen molar-refractivity contribution >= 4 is 10.0 Å². The van der Waals surface area contributed by atoms with E-state index in [-0.39, 0.29) is 5.41 Å². The zero-order valence-electron chi connectivity index (χ0n) is 12.9. The molecule has 0 aliphatic rings. The molecule has 5 heteroatoms. The molecule has 1 aromatic carbocycles. The van der Waals surface area contributed by atoms with Crippen molar-refractivity contribution in [2.75, 3.05) is 19.6 Å². The molecular weight excluding hydrogens is 272 g/mol. The average Bonchev–Trinajstić information content (AvgIpc) is 2.37. The van der Waals surface area contributed by atoms with Crippen LogP contribution >= 0.6 is 0 Å². The Balaban J connectivity index is 2.64. The highest BCUT2D eigenvalue weighted by molar-refractivity contribution is 7.89. The average molecular weight is 298 g/mol. The Labute approximate surface area is 123 Å². The Morgan fingerprint density at radius 1 is 1.05 bits per heavy atom. The monoisotopic (exact) mass is 298 g/mol. The van der Waals surface area contributed by atoms with E-state index in [0.717, 1.165) is 25.1 Å². The second kappa shape index (κ2) is 7.20. The van der Waals surface area contributed by atoms with E-state index in [1.807, 2.05) is 19.1 Å². The van der Waals surface area contributed by atoms with Gasteiger partial charge in [-0.1, -0.05) is 39.8 Å². The molecule has 0 saturated carbocycles. The summed E-state index contributed by atoms with van der Waals surface area (Å²) in [5.41, 5.74) is 1.16. The highest BCUT2D eigenvalue weighted by Gasteiger charge is 2.16. The molecule has 2 N–H and O–H groups in total. The summed E-state index contributed by atoms with van der Waals surface area (Å²) in [5.74, 6) is 0. The molecule has 0 fully saturated rings. The van der Waals surface area contributed by atoms with E-state index >= 15 is 0 Å². The van der Waals surface area contributed by atoms with Crippen molar-refractivity contribution in [2.24, 2.45) is 0 Å². The van der Waals surface area contributed by atoms with E-state index in [0.29, 0.717) is 11.4 Å². The first kappa shape index (κ1) is 17.1. The smallest absolute Gasteiger partial charge is 0.240 e. The quantitative estimate of drug-likeness (QED) is 0.759. The summed E-state index contributed by atoms with van der Waals surface area (Å²) in [7, 11) is -3.39. The first-order valence-electron chi connectivity index (χ1n) is 7.08. The van der Waals surface area contributed by atoms with Gasteiger partial charge in [0, 0.05) is 6.54 Å². The summed E-state index contributed by atoms with van der Waals surface area (Å²) in [6, 6.07) is 7.11. The van der Waals surface area contributed by atoms with Crippen LogP contribution in [0.1, 0.15) is 39.7 Å². The molecule has 0 amide bonds. The molecule has 0 aliphatic heterocycles. The molecule has 0 saturated heterocycles. The third-order valence-corrected chi connectivity index (χ3v) is 4.58. The first-order valence-corrected chi connectivity index (χ1v) is 8.56. The maximum absolute atomic E-state index is 12.1.